The molecule has 2 amide bonds. The molecule has 2 heterocycles. The number of likely N-dealkylation sites (tertiary alicyclic amines) is 1. The second-order valence-corrected chi connectivity index (χ2v) is 11.9. The number of hydrogen-bond acceptors (Lipinski definition) is 13. The van der Waals surface area contributed by atoms with Gasteiger partial charge in [-0.25, -0.2) is 0 Å². The molecule has 0 spiro atoms. The predicted molar refractivity (Wildman–Crippen MR) is 151 cm³/mol. The average molecular weight is 625 g/mol. The Morgan fingerprint density at radius 2 is 1.73 bits per heavy atom. The van der Waals surface area contributed by atoms with Gasteiger partial charge in [0.05, 0.1) is 48.7 Å². The minimum atomic E-state index is -2.36. The number of carbonyl (C=O) groups is 5. The molecule has 2 aromatic carbocycles. The van der Waals surface area contributed by atoms with Gasteiger partial charge < -0.3 is 40.4 Å². The van der Waals surface area contributed by atoms with Crippen LogP contribution in [0.1, 0.15) is 81.7 Å². The van der Waals surface area contributed by atoms with Gasteiger partial charge in [0.1, 0.15) is 22.8 Å². The summed E-state index contributed by atoms with van der Waals surface area (Å²) in [5.74, 6) is -5.08. The number of imide groups is 1. The summed E-state index contributed by atoms with van der Waals surface area (Å²) in [6, 6.07) is 3.55. The smallest absolute Gasteiger partial charge is 0.230 e. The van der Waals surface area contributed by atoms with Crippen LogP contribution in [0.4, 0.5) is 0 Å². The van der Waals surface area contributed by atoms with Gasteiger partial charge in [0, 0.05) is 54.8 Å². The van der Waals surface area contributed by atoms with E-state index in [2.05, 4.69) is 0 Å². The monoisotopic (exact) mass is 624 g/mol. The largest absolute Gasteiger partial charge is 0.507 e. The van der Waals surface area contributed by atoms with E-state index in [1.165, 1.54) is 25.3 Å². The van der Waals surface area contributed by atoms with E-state index >= 15 is 0 Å². The number of ether oxygens (including phenoxy) is 3. The van der Waals surface area contributed by atoms with Crippen molar-refractivity contribution in [3.63, 3.8) is 0 Å². The fourth-order valence-electron chi connectivity index (χ4n) is 6.69. The molecule has 45 heavy (non-hydrogen) atoms. The van der Waals surface area contributed by atoms with Gasteiger partial charge in [-0.1, -0.05) is 12.1 Å². The normalized spacial score (nSPS) is 29.4. The molecule has 2 unspecified atom stereocenters. The highest BCUT2D eigenvalue weighted by molar-refractivity contribution is 6.31. The number of ketones is 3. The number of nitrogens with zero attached hydrogens (tertiary/aromatic N) is 1. The molecule has 6 atom stereocenters. The zero-order valence-corrected chi connectivity index (χ0v) is 24.4. The zero-order chi connectivity index (χ0) is 32.5. The van der Waals surface area contributed by atoms with E-state index in [9.17, 15) is 44.4 Å². The number of amides is 2. The fourth-order valence-corrected chi connectivity index (χ4v) is 6.69. The van der Waals surface area contributed by atoms with Crippen molar-refractivity contribution >= 4 is 29.2 Å². The Labute approximate surface area is 256 Å². The van der Waals surface area contributed by atoms with Gasteiger partial charge >= 0.3 is 0 Å². The third-order valence-corrected chi connectivity index (χ3v) is 9.12. The van der Waals surface area contributed by atoms with Crippen LogP contribution in [0.25, 0.3) is 0 Å². The first kappa shape index (κ1) is 30.8. The standard InChI is InChI=1S/C31H32N2O12/c1-12-26(37)15(32)8-21(44-12)45-17-10-31(42,18(34)11-33-19(35)6-7-20(33)36)9-14-23(17)30(41)25-24(28(14)39)27(38)13-4-3-5-16(43-2)22(13)29(25)40/h3-5,12,15,17,21,26,37,39,41-42H,6-11,32H2,1-2H3/t12-,15-,17?,21-,26+,31?/m0/s1. The number of benzene rings is 2. The number of phenolic OH excluding ortho intramolecular Hbond substituents is 2. The van der Waals surface area contributed by atoms with Crippen LogP contribution in [0.2, 0.25) is 0 Å². The van der Waals surface area contributed by atoms with Crippen molar-refractivity contribution in [2.75, 3.05) is 13.7 Å². The van der Waals surface area contributed by atoms with E-state index in [1.807, 2.05) is 0 Å². The molecular formula is C31H32N2O12. The number of aromatic hydroxyl groups is 2. The summed E-state index contributed by atoms with van der Waals surface area (Å²) in [5, 5.41) is 45.3. The molecular weight excluding hydrogens is 592 g/mol. The number of nitrogens with two attached hydrogens (primary N) is 1. The van der Waals surface area contributed by atoms with E-state index in [1.54, 1.807) is 6.92 Å². The highest BCUT2D eigenvalue weighted by Crippen LogP contribution is 2.52. The maximum absolute atomic E-state index is 13.8. The van der Waals surface area contributed by atoms with Crippen LogP contribution in [0, 0.1) is 0 Å². The number of fused-ring (bicyclic) bond motifs is 3. The Kier molecular flexibility index (Phi) is 7.53. The molecule has 2 aliphatic heterocycles. The van der Waals surface area contributed by atoms with Gasteiger partial charge in [0.25, 0.3) is 0 Å². The van der Waals surface area contributed by atoms with Gasteiger partial charge in [-0.05, 0) is 13.0 Å². The van der Waals surface area contributed by atoms with Crippen molar-refractivity contribution < 1.29 is 58.6 Å². The fraction of sp³-hybridized carbons (Fsp3) is 0.452. The van der Waals surface area contributed by atoms with Gasteiger partial charge in [-0.3, -0.25) is 28.9 Å². The molecule has 2 aliphatic carbocycles. The van der Waals surface area contributed by atoms with Crippen molar-refractivity contribution in [1.29, 1.82) is 0 Å². The highest BCUT2D eigenvalue weighted by Gasteiger charge is 2.51. The van der Waals surface area contributed by atoms with Crippen LogP contribution < -0.4 is 10.5 Å². The predicted octanol–water partition coefficient (Wildman–Crippen LogP) is 0.158. The summed E-state index contributed by atoms with van der Waals surface area (Å²) in [5.41, 5.74) is 2.08. The SMILES string of the molecule is COc1cccc2c1C(=O)c1c(O)c3c(c(O)c1C2=O)CC(O)(C(=O)CN1C(=O)CCC1=O)CC3O[C@H]1C[C@H](N)[C@H](O)[C@H](C)O1. The molecule has 14 nitrogen and oxygen atoms in total. The van der Waals surface area contributed by atoms with Gasteiger partial charge in [-0.2, -0.15) is 0 Å². The first-order valence-corrected chi connectivity index (χ1v) is 14.5. The molecule has 0 saturated carbocycles. The summed E-state index contributed by atoms with van der Waals surface area (Å²) in [7, 11) is 1.31. The molecule has 2 aromatic rings. The van der Waals surface area contributed by atoms with Crippen LogP contribution >= 0.6 is 0 Å². The lowest BCUT2D eigenvalue weighted by Gasteiger charge is -2.42. The summed E-state index contributed by atoms with van der Waals surface area (Å²) < 4.78 is 17.2. The molecule has 14 heteroatoms. The molecule has 6 rings (SSSR count). The number of aliphatic hydroxyl groups is 2. The Hall–Kier alpha value is -4.21. The van der Waals surface area contributed by atoms with E-state index in [-0.39, 0.29) is 47.3 Å². The molecule has 4 aliphatic rings. The maximum atomic E-state index is 13.8. The zero-order valence-electron chi connectivity index (χ0n) is 24.4. The van der Waals surface area contributed by atoms with E-state index < -0.39 is 107 Å². The summed E-state index contributed by atoms with van der Waals surface area (Å²) >= 11 is 0. The molecule has 6 N–H and O–H groups in total. The maximum Gasteiger partial charge on any atom is 0.230 e. The molecule has 2 saturated heterocycles. The van der Waals surface area contributed by atoms with Crippen molar-refractivity contribution in [2.24, 2.45) is 5.73 Å². The first-order valence-electron chi connectivity index (χ1n) is 14.5. The van der Waals surface area contributed by atoms with Crippen LogP contribution in [-0.2, 0) is 30.3 Å². The summed E-state index contributed by atoms with van der Waals surface area (Å²) in [6.45, 7) is 0.820. The van der Waals surface area contributed by atoms with Crippen LogP contribution in [0.5, 0.6) is 17.2 Å². The minimum Gasteiger partial charge on any atom is -0.507 e. The number of rotatable bonds is 6. The number of phenols is 2. The number of Topliss-reactive ketones (excluding diaryl/α,β-unsaturated/α-hetero) is 1. The van der Waals surface area contributed by atoms with E-state index in [4.69, 9.17) is 19.9 Å². The third kappa shape index (κ3) is 4.80. The van der Waals surface area contributed by atoms with Crippen LogP contribution in [-0.4, -0.2) is 98.3 Å². The summed E-state index contributed by atoms with van der Waals surface area (Å²) in [6.07, 6.45) is -5.70. The molecule has 238 valence electrons. The van der Waals surface area contributed by atoms with Gasteiger partial charge in [0.2, 0.25) is 17.6 Å². The van der Waals surface area contributed by atoms with Crippen LogP contribution in [0.15, 0.2) is 18.2 Å². The number of carbonyl (C=O) groups excluding carboxylic acids is 5. The Morgan fingerprint density at radius 3 is 2.38 bits per heavy atom. The van der Waals surface area contributed by atoms with Crippen molar-refractivity contribution in [3.8, 4) is 17.2 Å². The second-order valence-electron chi connectivity index (χ2n) is 11.9. The lowest BCUT2D eigenvalue weighted by molar-refractivity contribution is -0.247. The molecule has 2 fully saturated rings. The van der Waals surface area contributed by atoms with Gasteiger partial charge in [-0.15, -0.1) is 0 Å². The average Bonchev–Trinajstić information content (AvgIpc) is 3.31. The third-order valence-electron chi connectivity index (χ3n) is 9.12. The topological polar surface area (TPSA) is 223 Å². The van der Waals surface area contributed by atoms with Crippen LogP contribution in [0.3, 0.4) is 0 Å². The lowest BCUT2D eigenvalue weighted by atomic mass is 9.71. The lowest BCUT2D eigenvalue weighted by Crippen LogP contribution is -2.53. The molecule has 0 radical (unpaired) electrons. The second kappa shape index (κ2) is 11.0. The first-order chi connectivity index (χ1) is 21.3. The Bertz CT molecular complexity index is 1640. The number of methoxy groups -OCH3 is 1. The molecule has 0 aromatic heterocycles. The Balaban J connectivity index is 1.48. The van der Waals surface area contributed by atoms with E-state index in [0.717, 1.165) is 4.90 Å². The van der Waals surface area contributed by atoms with E-state index in [0.29, 0.717) is 0 Å². The van der Waals surface area contributed by atoms with Crippen molar-refractivity contribution in [1.82, 2.24) is 4.90 Å². The quantitative estimate of drug-likeness (QED) is 0.182. The van der Waals surface area contributed by atoms with Gasteiger partial charge in [0.15, 0.2) is 17.9 Å². The minimum absolute atomic E-state index is 0.0276. The van der Waals surface area contributed by atoms with Crippen molar-refractivity contribution in [2.45, 2.75) is 75.3 Å². The Morgan fingerprint density at radius 1 is 1.07 bits per heavy atom. The number of hydrogen-bond donors (Lipinski definition) is 5. The van der Waals surface area contributed by atoms with Crippen molar-refractivity contribution in [3.05, 3.63) is 51.6 Å². The highest BCUT2D eigenvalue weighted by atomic mass is 16.7. The number of aliphatic hydroxyl groups excluding tert-OH is 1. The molecule has 0 bridgehead atoms. The summed E-state index contributed by atoms with van der Waals surface area (Å²) in [4.78, 5) is 66.3.